The average Bonchev–Trinajstić information content (AvgIpc) is 2.15. The van der Waals surface area contributed by atoms with E-state index in [0.717, 1.165) is 19.4 Å². The Morgan fingerprint density at radius 1 is 1.35 bits per heavy atom. The molecule has 0 aromatic rings. The van der Waals surface area contributed by atoms with Crippen LogP contribution >= 0.6 is 0 Å². The summed E-state index contributed by atoms with van der Waals surface area (Å²) in [7, 11) is -1.62. The first-order chi connectivity index (χ1) is 7.65. The first-order valence-corrected chi connectivity index (χ1v) is 9.40. The first-order valence-electron chi connectivity index (χ1n) is 6.49. The molecular weight excluding hydrogens is 232 g/mol. The summed E-state index contributed by atoms with van der Waals surface area (Å²) in [4.78, 5) is 11.1. The average molecular weight is 258 g/mol. The van der Waals surface area contributed by atoms with Crippen LogP contribution < -0.4 is 0 Å². The zero-order chi connectivity index (χ0) is 13.3. The Morgan fingerprint density at radius 3 is 2.35 bits per heavy atom. The molecule has 1 saturated heterocycles. The molecule has 0 saturated carbocycles. The van der Waals surface area contributed by atoms with Gasteiger partial charge >= 0.3 is 5.97 Å². The third kappa shape index (κ3) is 3.55. The lowest BCUT2D eigenvalue weighted by molar-refractivity contribution is -0.182. The summed E-state index contributed by atoms with van der Waals surface area (Å²) in [6.45, 7) is 14.0. The van der Waals surface area contributed by atoms with Gasteiger partial charge in [0.25, 0.3) is 0 Å². The largest absolute Gasteiger partial charge is 0.461 e. The predicted molar refractivity (Wildman–Crippen MR) is 71.4 cm³/mol. The van der Waals surface area contributed by atoms with Crippen molar-refractivity contribution < 1.29 is 14.0 Å². The summed E-state index contributed by atoms with van der Waals surface area (Å²) in [5.74, 6) is 0.0721. The third-order valence-corrected chi connectivity index (χ3v) is 8.64. The minimum atomic E-state index is -1.62. The highest BCUT2D eigenvalue weighted by atomic mass is 28.4. The van der Waals surface area contributed by atoms with Crippen molar-refractivity contribution >= 4 is 14.3 Å². The van der Waals surface area contributed by atoms with Gasteiger partial charge in [0.2, 0.25) is 0 Å². The second kappa shape index (κ2) is 5.10. The molecule has 0 unspecified atom stereocenters. The predicted octanol–water partition coefficient (Wildman–Crippen LogP) is 3.35. The van der Waals surface area contributed by atoms with Crippen molar-refractivity contribution in [2.45, 2.75) is 64.8 Å². The first kappa shape index (κ1) is 14.7. The lowest BCUT2D eigenvalue weighted by atomic mass is 9.93. The Kier molecular flexibility index (Phi) is 4.41. The van der Waals surface area contributed by atoms with Gasteiger partial charge in [0.15, 0.2) is 8.32 Å². The highest BCUT2D eigenvalue weighted by Crippen LogP contribution is 2.36. The van der Waals surface area contributed by atoms with Crippen LogP contribution in [-0.2, 0) is 14.0 Å². The zero-order valence-corrected chi connectivity index (χ0v) is 13.0. The Bertz CT molecular complexity index is 281. The van der Waals surface area contributed by atoms with Crippen LogP contribution in [-0.4, -0.2) is 27.0 Å². The van der Waals surface area contributed by atoms with Gasteiger partial charge in [-0.25, -0.2) is 0 Å². The molecular formula is C13H26O3Si. The van der Waals surface area contributed by atoms with Gasteiger partial charge in [-0.15, -0.1) is 0 Å². The normalized spacial score (nSPS) is 25.4. The molecule has 100 valence electrons. The van der Waals surface area contributed by atoms with E-state index >= 15 is 0 Å². The highest BCUT2D eigenvalue weighted by molar-refractivity contribution is 6.74. The molecule has 17 heavy (non-hydrogen) atoms. The molecule has 0 radical (unpaired) electrons. The molecule has 0 spiro atoms. The van der Waals surface area contributed by atoms with Crippen molar-refractivity contribution in [3.05, 3.63) is 0 Å². The van der Waals surface area contributed by atoms with Crippen LogP contribution in [0.5, 0.6) is 0 Å². The number of cyclic esters (lactones) is 1. The van der Waals surface area contributed by atoms with Crippen LogP contribution in [0.25, 0.3) is 0 Å². The number of carbonyl (C=O) groups is 1. The van der Waals surface area contributed by atoms with Crippen LogP contribution in [0.4, 0.5) is 0 Å². The smallest absolute Gasteiger partial charge is 0.312 e. The maximum atomic E-state index is 11.1. The quantitative estimate of drug-likeness (QED) is 0.431. The van der Waals surface area contributed by atoms with E-state index in [1.54, 1.807) is 0 Å². The van der Waals surface area contributed by atoms with E-state index in [9.17, 15) is 4.79 Å². The maximum Gasteiger partial charge on any atom is 0.312 e. The molecule has 4 heteroatoms. The second-order valence-electron chi connectivity index (χ2n) is 6.50. The fourth-order valence-electron chi connectivity index (χ4n) is 1.67. The highest BCUT2D eigenvalue weighted by Gasteiger charge is 2.39. The SMILES string of the molecule is C[C@H]1OC(=O)[C@@H]1CCCO[Si](C)(C)C(C)(C)C. The molecule has 0 N–H and O–H groups in total. The molecule has 0 aromatic carbocycles. The molecule has 1 fully saturated rings. The summed E-state index contributed by atoms with van der Waals surface area (Å²) < 4.78 is 11.0. The van der Waals surface area contributed by atoms with E-state index in [2.05, 4.69) is 33.9 Å². The van der Waals surface area contributed by atoms with Crippen molar-refractivity contribution in [1.29, 1.82) is 0 Å². The van der Waals surface area contributed by atoms with Gasteiger partial charge in [0.1, 0.15) is 6.10 Å². The molecule has 0 amide bonds. The van der Waals surface area contributed by atoms with Crippen molar-refractivity contribution in [3.8, 4) is 0 Å². The Morgan fingerprint density at radius 2 is 1.94 bits per heavy atom. The summed E-state index contributed by atoms with van der Waals surface area (Å²) in [5, 5.41) is 0.260. The van der Waals surface area contributed by atoms with Crippen molar-refractivity contribution in [3.63, 3.8) is 0 Å². The van der Waals surface area contributed by atoms with Crippen LogP contribution in [0.2, 0.25) is 18.1 Å². The van der Waals surface area contributed by atoms with Gasteiger partial charge in [-0.05, 0) is 37.9 Å². The van der Waals surface area contributed by atoms with Gasteiger partial charge in [-0.2, -0.15) is 0 Å². The Balaban J connectivity index is 2.22. The second-order valence-corrected chi connectivity index (χ2v) is 11.3. The summed E-state index contributed by atoms with van der Waals surface area (Å²) in [5.41, 5.74) is 0. The Labute approximate surface area is 106 Å². The van der Waals surface area contributed by atoms with Gasteiger partial charge in [0.05, 0.1) is 5.92 Å². The van der Waals surface area contributed by atoms with Crippen molar-refractivity contribution in [2.75, 3.05) is 6.61 Å². The van der Waals surface area contributed by atoms with E-state index in [0.29, 0.717) is 0 Å². The molecule has 1 heterocycles. The fourth-order valence-corrected chi connectivity index (χ4v) is 2.76. The molecule has 0 aromatic heterocycles. The van der Waals surface area contributed by atoms with Crippen molar-refractivity contribution in [1.82, 2.24) is 0 Å². The minimum Gasteiger partial charge on any atom is -0.461 e. The van der Waals surface area contributed by atoms with Crippen LogP contribution in [0.15, 0.2) is 0 Å². The monoisotopic (exact) mass is 258 g/mol. The topological polar surface area (TPSA) is 35.5 Å². The van der Waals surface area contributed by atoms with Gasteiger partial charge < -0.3 is 9.16 Å². The minimum absolute atomic E-state index is 0.0372. The fraction of sp³-hybridized carbons (Fsp3) is 0.923. The summed E-state index contributed by atoms with van der Waals surface area (Å²) in [6.07, 6.45) is 1.96. The number of carbonyl (C=O) groups excluding carboxylic acids is 1. The summed E-state index contributed by atoms with van der Waals surface area (Å²) in [6, 6.07) is 0. The molecule has 3 nitrogen and oxygen atoms in total. The zero-order valence-electron chi connectivity index (χ0n) is 12.0. The number of ether oxygens (including phenoxy) is 1. The number of rotatable bonds is 5. The van der Waals surface area contributed by atoms with E-state index in [4.69, 9.17) is 9.16 Å². The van der Waals surface area contributed by atoms with Crippen LogP contribution in [0, 0.1) is 5.92 Å². The van der Waals surface area contributed by atoms with E-state index in [1.165, 1.54) is 0 Å². The number of esters is 1. The number of hydrogen-bond acceptors (Lipinski definition) is 3. The van der Waals surface area contributed by atoms with Gasteiger partial charge in [-0.1, -0.05) is 20.8 Å². The van der Waals surface area contributed by atoms with E-state index in [1.807, 2.05) is 6.92 Å². The maximum absolute atomic E-state index is 11.1. The molecule has 1 aliphatic heterocycles. The lowest BCUT2D eigenvalue weighted by Crippen LogP contribution is -2.43. The van der Waals surface area contributed by atoms with E-state index < -0.39 is 8.32 Å². The molecule has 1 aliphatic rings. The van der Waals surface area contributed by atoms with Crippen molar-refractivity contribution in [2.24, 2.45) is 5.92 Å². The number of hydrogen-bond donors (Lipinski definition) is 0. The van der Waals surface area contributed by atoms with Crippen LogP contribution in [0.3, 0.4) is 0 Å². The van der Waals surface area contributed by atoms with Gasteiger partial charge in [-0.3, -0.25) is 4.79 Å². The third-order valence-electron chi connectivity index (χ3n) is 4.10. The molecule has 0 aliphatic carbocycles. The molecule has 0 bridgehead atoms. The lowest BCUT2D eigenvalue weighted by Gasteiger charge is -2.37. The van der Waals surface area contributed by atoms with E-state index in [-0.39, 0.29) is 23.0 Å². The van der Waals surface area contributed by atoms with Crippen LogP contribution in [0.1, 0.15) is 40.5 Å². The standard InChI is InChI=1S/C13H26O3Si/c1-10-11(12(14)16-10)8-7-9-15-17(5,6)13(2,3)4/h10-11H,7-9H2,1-6H3/t10-,11-/m1/s1. The molecule has 2 atom stereocenters. The van der Waals surface area contributed by atoms with Gasteiger partial charge in [0, 0.05) is 6.61 Å². The molecule has 1 rings (SSSR count). The summed E-state index contributed by atoms with van der Waals surface area (Å²) >= 11 is 0. The Hall–Kier alpha value is -0.353.